The number of amides is 1. The van der Waals surface area contributed by atoms with Crippen molar-refractivity contribution in [1.82, 2.24) is 20.2 Å². The summed E-state index contributed by atoms with van der Waals surface area (Å²) in [5, 5.41) is 6.02. The van der Waals surface area contributed by atoms with Gasteiger partial charge in [0.05, 0.1) is 23.4 Å². The normalized spacial score (nSPS) is 17.1. The number of ether oxygens (including phenoxy) is 1. The molecule has 2 heterocycles. The number of nitrogens with zero attached hydrogens (tertiary/aromatic N) is 3. The number of morpholine rings is 1. The molecule has 0 aromatic carbocycles. The summed E-state index contributed by atoms with van der Waals surface area (Å²) in [6.07, 6.45) is 0. The van der Waals surface area contributed by atoms with Crippen LogP contribution in [0.15, 0.2) is 4.47 Å². The summed E-state index contributed by atoms with van der Waals surface area (Å²) in [7, 11) is 1.81. The summed E-state index contributed by atoms with van der Waals surface area (Å²) in [5.41, 5.74) is 4.17. The van der Waals surface area contributed by atoms with E-state index in [1.807, 2.05) is 19.0 Å². The zero-order valence-corrected chi connectivity index (χ0v) is 11.5. The Labute approximate surface area is 108 Å². The molecule has 7 heteroatoms. The number of rotatable bonds is 2. The Hall–Kier alpha value is -0.920. The summed E-state index contributed by atoms with van der Waals surface area (Å²) in [6, 6.07) is 0. The Bertz CT molecular complexity index is 426. The fraction of sp³-hybridized carbons (Fsp3) is 0.600. The molecule has 0 saturated carbocycles. The van der Waals surface area contributed by atoms with Crippen molar-refractivity contribution in [1.29, 1.82) is 0 Å². The van der Waals surface area contributed by atoms with Crippen LogP contribution in [0.3, 0.4) is 0 Å². The van der Waals surface area contributed by atoms with Gasteiger partial charge in [-0.3, -0.25) is 14.9 Å². The van der Waals surface area contributed by atoms with Crippen LogP contribution in [-0.2, 0) is 11.8 Å². The SMILES string of the molecule is Cc1c(Br)c(C(=O)NN2CCOCC2)nn1C. The Morgan fingerprint density at radius 1 is 1.47 bits per heavy atom. The van der Waals surface area contributed by atoms with Gasteiger partial charge < -0.3 is 4.74 Å². The monoisotopic (exact) mass is 302 g/mol. The van der Waals surface area contributed by atoms with Crippen LogP contribution in [0.4, 0.5) is 0 Å². The molecule has 1 N–H and O–H groups in total. The van der Waals surface area contributed by atoms with Gasteiger partial charge in [-0.15, -0.1) is 0 Å². The number of hydrogen-bond acceptors (Lipinski definition) is 4. The molecule has 2 rings (SSSR count). The van der Waals surface area contributed by atoms with Gasteiger partial charge in [-0.05, 0) is 22.9 Å². The number of hydrazine groups is 1. The molecular weight excluding hydrogens is 288 g/mol. The predicted molar refractivity (Wildman–Crippen MR) is 65.5 cm³/mol. The van der Waals surface area contributed by atoms with E-state index in [4.69, 9.17) is 4.74 Å². The first-order valence-electron chi connectivity index (χ1n) is 5.42. The van der Waals surface area contributed by atoms with E-state index >= 15 is 0 Å². The fourth-order valence-electron chi connectivity index (χ4n) is 1.60. The third-order valence-electron chi connectivity index (χ3n) is 2.75. The fourth-order valence-corrected chi connectivity index (χ4v) is 2.12. The number of nitrogens with one attached hydrogen (secondary N) is 1. The molecule has 1 amide bonds. The first-order chi connectivity index (χ1) is 8.09. The van der Waals surface area contributed by atoms with Gasteiger partial charge in [-0.1, -0.05) is 0 Å². The van der Waals surface area contributed by atoms with Gasteiger partial charge in [-0.2, -0.15) is 5.10 Å². The maximum atomic E-state index is 12.0. The van der Waals surface area contributed by atoms with Crippen LogP contribution >= 0.6 is 15.9 Å². The third kappa shape index (κ3) is 2.67. The maximum absolute atomic E-state index is 12.0. The molecule has 1 aromatic rings. The molecule has 0 aliphatic carbocycles. The van der Waals surface area contributed by atoms with Crippen LogP contribution in [0.5, 0.6) is 0 Å². The van der Waals surface area contributed by atoms with Gasteiger partial charge in [0.2, 0.25) is 0 Å². The van der Waals surface area contributed by atoms with Crippen LogP contribution in [0.1, 0.15) is 16.2 Å². The Morgan fingerprint density at radius 2 is 2.12 bits per heavy atom. The lowest BCUT2D eigenvalue weighted by atomic mass is 10.3. The minimum Gasteiger partial charge on any atom is -0.379 e. The first-order valence-corrected chi connectivity index (χ1v) is 6.21. The molecule has 1 aromatic heterocycles. The van der Waals surface area contributed by atoms with E-state index in [2.05, 4.69) is 26.5 Å². The van der Waals surface area contributed by atoms with Crippen LogP contribution in [0, 0.1) is 6.92 Å². The zero-order valence-electron chi connectivity index (χ0n) is 9.86. The number of halogens is 1. The van der Waals surface area contributed by atoms with Crippen molar-refractivity contribution in [2.75, 3.05) is 26.3 Å². The van der Waals surface area contributed by atoms with Crippen molar-refractivity contribution in [2.45, 2.75) is 6.92 Å². The molecule has 0 bridgehead atoms. The lowest BCUT2D eigenvalue weighted by molar-refractivity contribution is 0.0124. The molecule has 0 atom stereocenters. The molecule has 0 unspecified atom stereocenters. The van der Waals surface area contributed by atoms with Crippen LogP contribution < -0.4 is 5.43 Å². The summed E-state index contributed by atoms with van der Waals surface area (Å²) >= 11 is 3.38. The van der Waals surface area contributed by atoms with E-state index in [0.29, 0.717) is 32.0 Å². The minimum absolute atomic E-state index is 0.192. The Balaban J connectivity index is 2.06. The average molecular weight is 303 g/mol. The number of aromatic nitrogens is 2. The largest absolute Gasteiger partial charge is 0.379 e. The average Bonchev–Trinajstić information content (AvgIpc) is 2.58. The van der Waals surface area contributed by atoms with Crippen LogP contribution in [0.25, 0.3) is 0 Å². The maximum Gasteiger partial charge on any atom is 0.287 e. The summed E-state index contributed by atoms with van der Waals surface area (Å²) < 4.78 is 7.63. The number of aryl methyl sites for hydroxylation is 1. The molecule has 6 nitrogen and oxygen atoms in total. The molecular formula is C10H15BrN4O2. The van der Waals surface area contributed by atoms with Gasteiger partial charge in [0, 0.05) is 20.1 Å². The molecule has 1 aliphatic heterocycles. The topological polar surface area (TPSA) is 59.4 Å². The Kier molecular flexibility index (Phi) is 3.80. The van der Waals surface area contributed by atoms with Crippen molar-refractivity contribution in [3.05, 3.63) is 15.9 Å². The predicted octanol–water partition coefficient (Wildman–Crippen LogP) is 0.468. The second-order valence-corrected chi connectivity index (χ2v) is 4.70. The van der Waals surface area contributed by atoms with Crippen LogP contribution in [0.2, 0.25) is 0 Å². The molecule has 0 radical (unpaired) electrons. The molecule has 1 saturated heterocycles. The Morgan fingerprint density at radius 3 is 2.65 bits per heavy atom. The quantitative estimate of drug-likeness (QED) is 0.863. The standard InChI is InChI=1S/C10H15BrN4O2/c1-7-8(11)9(12-14(7)2)10(16)13-15-3-5-17-6-4-15/h3-6H2,1-2H3,(H,13,16). The molecule has 1 fully saturated rings. The third-order valence-corrected chi connectivity index (χ3v) is 3.70. The van der Waals surface area contributed by atoms with Crippen molar-refractivity contribution in [2.24, 2.45) is 7.05 Å². The van der Waals surface area contributed by atoms with E-state index < -0.39 is 0 Å². The van der Waals surface area contributed by atoms with Gasteiger partial charge >= 0.3 is 0 Å². The number of carbonyl (C=O) groups excluding carboxylic acids is 1. The van der Waals surface area contributed by atoms with Gasteiger partial charge in [-0.25, -0.2) is 5.01 Å². The van der Waals surface area contributed by atoms with Crippen molar-refractivity contribution in [3.63, 3.8) is 0 Å². The molecule has 94 valence electrons. The second-order valence-electron chi connectivity index (χ2n) is 3.91. The lowest BCUT2D eigenvalue weighted by Crippen LogP contribution is -2.48. The van der Waals surface area contributed by atoms with Gasteiger partial charge in [0.25, 0.3) is 5.91 Å². The van der Waals surface area contributed by atoms with Crippen molar-refractivity contribution >= 4 is 21.8 Å². The summed E-state index contributed by atoms with van der Waals surface area (Å²) in [4.78, 5) is 12.0. The second kappa shape index (κ2) is 5.16. The summed E-state index contributed by atoms with van der Waals surface area (Å²) in [5.74, 6) is -0.192. The lowest BCUT2D eigenvalue weighted by Gasteiger charge is -2.26. The van der Waals surface area contributed by atoms with Crippen molar-refractivity contribution < 1.29 is 9.53 Å². The highest BCUT2D eigenvalue weighted by atomic mass is 79.9. The minimum atomic E-state index is -0.192. The smallest absolute Gasteiger partial charge is 0.287 e. The molecule has 1 aliphatic rings. The highest BCUT2D eigenvalue weighted by Gasteiger charge is 2.20. The molecule has 0 spiro atoms. The van der Waals surface area contributed by atoms with E-state index in [-0.39, 0.29) is 5.91 Å². The zero-order chi connectivity index (χ0) is 12.4. The number of carbonyl (C=O) groups is 1. The number of hydrogen-bond donors (Lipinski definition) is 1. The molecule has 17 heavy (non-hydrogen) atoms. The van der Waals surface area contributed by atoms with Gasteiger partial charge in [0.1, 0.15) is 0 Å². The van der Waals surface area contributed by atoms with Crippen LogP contribution in [-0.4, -0.2) is 47.0 Å². The van der Waals surface area contributed by atoms with E-state index in [0.717, 1.165) is 10.2 Å². The highest BCUT2D eigenvalue weighted by molar-refractivity contribution is 9.10. The first kappa shape index (κ1) is 12.5. The van der Waals surface area contributed by atoms with E-state index in [1.165, 1.54) is 0 Å². The summed E-state index contributed by atoms with van der Waals surface area (Å²) in [6.45, 7) is 4.60. The van der Waals surface area contributed by atoms with Crippen molar-refractivity contribution in [3.8, 4) is 0 Å². The van der Waals surface area contributed by atoms with E-state index in [1.54, 1.807) is 4.68 Å². The van der Waals surface area contributed by atoms with Gasteiger partial charge in [0.15, 0.2) is 5.69 Å². The van der Waals surface area contributed by atoms with E-state index in [9.17, 15) is 4.79 Å². The highest BCUT2D eigenvalue weighted by Crippen LogP contribution is 2.19.